The lowest BCUT2D eigenvalue weighted by Gasteiger charge is -2.42. The Labute approximate surface area is 167 Å². The molecule has 2 aromatic heterocycles. The molecule has 1 aliphatic rings. The van der Waals surface area contributed by atoms with Crippen molar-refractivity contribution in [2.24, 2.45) is 5.73 Å². The number of hydrogen-bond acceptors (Lipinski definition) is 6. The van der Waals surface area contributed by atoms with Gasteiger partial charge in [-0.2, -0.15) is 0 Å². The maximum atomic E-state index is 12.8. The minimum absolute atomic E-state index is 0.0194. The van der Waals surface area contributed by atoms with Crippen LogP contribution in [0.2, 0.25) is 0 Å². The van der Waals surface area contributed by atoms with Gasteiger partial charge in [0.2, 0.25) is 5.91 Å². The molecule has 1 atom stereocenters. The van der Waals surface area contributed by atoms with Gasteiger partial charge in [-0.15, -0.1) is 11.3 Å². The molecule has 1 fully saturated rings. The van der Waals surface area contributed by atoms with Gasteiger partial charge in [-0.1, -0.05) is 30.3 Å². The maximum Gasteiger partial charge on any atom is 0.239 e. The van der Waals surface area contributed by atoms with Gasteiger partial charge < -0.3 is 21.4 Å². The zero-order valence-corrected chi connectivity index (χ0v) is 16.4. The second-order valence-electron chi connectivity index (χ2n) is 7.23. The summed E-state index contributed by atoms with van der Waals surface area (Å²) >= 11 is 1.46. The summed E-state index contributed by atoms with van der Waals surface area (Å²) in [7, 11) is 0. The van der Waals surface area contributed by atoms with Crippen molar-refractivity contribution in [3.8, 4) is 0 Å². The van der Waals surface area contributed by atoms with Crippen molar-refractivity contribution in [3.63, 3.8) is 0 Å². The van der Waals surface area contributed by atoms with Crippen molar-refractivity contribution >= 4 is 22.4 Å². The van der Waals surface area contributed by atoms with Crippen molar-refractivity contribution in [2.75, 3.05) is 18.8 Å². The first-order valence-corrected chi connectivity index (χ1v) is 10.2. The van der Waals surface area contributed by atoms with Crippen LogP contribution in [-0.2, 0) is 16.6 Å². The molecule has 0 bridgehead atoms. The Morgan fingerprint density at radius 2 is 2.04 bits per heavy atom. The van der Waals surface area contributed by atoms with Gasteiger partial charge in [0.05, 0.1) is 18.1 Å². The summed E-state index contributed by atoms with van der Waals surface area (Å²) in [6.07, 6.45) is 5.35. The fraction of sp³-hybridized carbons (Fsp3) is 0.350. The van der Waals surface area contributed by atoms with Crippen LogP contribution in [-0.4, -0.2) is 44.9 Å². The molecule has 28 heavy (non-hydrogen) atoms. The van der Waals surface area contributed by atoms with Gasteiger partial charge in [0.15, 0.2) is 5.13 Å². The lowest BCUT2D eigenvalue weighted by molar-refractivity contribution is -0.134. The Kier molecular flexibility index (Phi) is 5.15. The Morgan fingerprint density at radius 3 is 2.64 bits per heavy atom. The summed E-state index contributed by atoms with van der Waals surface area (Å²) < 4.78 is 0. The van der Waals surface area contributed by atoms with E-state index in [1.807, 2.05) is 28.5 Å². The second kappa shape index (κ2) is 7.73. The zero-order chi connectivity index (χ0) is 19.6. The number of thiazole rings is 1. The quantitative estimate of drug-likeness (QED) is 0.610. The minimum Gasteiger partial charge on any atom is -0.375 e. The highest BCUT2D eigenvalue weighted by molar-refractivity contribution is 7.13. The number of nitrogens with one attached hydrogen (secondary N) is 1. The molecule has 0 saturated carbocycles. The smallest absolute Gasteiger partial charge is 0.239 e. The van der Waals surface area contributed by atoms with Crippen molar-refractivity contribution < 1.29 is 4.79 Å². The van der Waals surface area contributed by atoms with Crippen molar-refractivity contribution in [3.05, 3.63) is 65.2 Å². The van der Waals surface area contributed by atoms with E-state index in [1.54, 1.807) is 12.5 Å². The number of nitrogen functional groups attached to an aromatic ring is 1. The first kappa shape index (κ1) is 18.6. The molecule has 1 aliphatic heterocycles. The molecule has 7 nitrogen and oxygen atoms in total. The molecule has 4 rings (SSSR count). The highest BCUT2D eigenvalue weighted by atomic mass is 32.1. The van der Waals surface area contributed by atoms with Gasteiger partial charge >= 0.3 is 0 Å². The van der Waals surface area contributed by atoms with E-state index in [0.29, 0.717) is 24.6 Å². The number of piperidine rings is 1. The molecule has 0 unspecified atom stereocenters. The summed E-state index contributed by atoms with van der Waals surface area (Å²) in [4.78, 5) is 26.3. The van der Waals surface area contributed by atoms with E-state index in [1.165, 1.54) is 16.9 Å². The van der Waals surface area contributed by atoms with Crippen LogP contribution in [0.3, 0.4) is 0 Å². The van der Waals surface area contributed by atoms with Crippen LogP contribution in [0.15, 0.2) is 48.2 Å². The number of carbonyl (C=O) groups excluding carboxylic acids is 1. The zero-order valence-electron chi connectivity index (χ0n) is 15.5. The molecular formula is C20H24N6OS. The third kappa shape index (κ3) is 3.53. The maximum absolute atomic E-state index is 12.8. The number of imidazole rings is 1. The van der Waals surface area contributed by atoms with E-state index < -0.39 is 6.04 Å². The number of anilines is 1. The van der Waals surface area contributed by atoms with E-state index >= 15 is 0 Å². The summed E-state index contributed by atoms with van der Waals surface area (Å²) in [6.45, 7) is 1.28. The van der Waals surface area contributed by atoms with E-state index in [4.69, 9.17) is 11.5 Å². The van der Waals surface area contributed by atoms with Crippen molar-refractivity contribution in [2.45, 2.75) is 30.7 Å². The average Bonchev–Trinajstić information content (AvgIpc) is 3.40. The Balaban J connectivity index is 1.51. The molecule has 0 radical (unpaired) electrons. The number of nitrogens with two attached hydrogens (primary N) is 2. The number of aromatic nitrogens is 3. The molecule has 0 aliphatic carbocycles. The molecular weight excluding hydrogens is 372 g/mol. The van der Waals surface area contributed by atoms with Gasteiger partial charge in [-0.25, -0.2) is 9.97 Å². The van der Waals surface area contributed by atoms with Crippen molar-refractivity contribution in [1.82, 2.24) is 19.9 Å². The second-order valence-corrected chi connectivity index (χ2v) is 8.12. The van der Waals surface area contributed by atoms with Crippen LogP contribution >= 0.6 is 11.3 Å². The number of nitrogens with zero attached hydrogens (tertiary/aromatic N) is 3. The van der Waals surface area contributed by atoms with Gasteiger partial charge in [0, 0.05) is 42.2 Å². The average molecular weight is 397 g/mol. The lowest BCUT2D eigenvalue weighted by Crippen LogP contribution is -2.51. The predicted molar refractivity (Wildman–Crippen MR) is 110 cm³/mol. The molecule has 3 heterocycles. The topological polar surface area (TPSA) is 114 Å². The molecule has 3 aromatic rings. The van der Waals surface area contributed by atoms with Crippen LogP contribution < -0.4 is 11.5 Å². The van der Waals surface area contributed by atoms with Gasteiger partial charge in [-0.05, 0) is 18.4 Å². The number of carbonyl (C=O) groups is 1. The number of rotatable bonds is 5. The highest BCUT2D eigenvalue weighted by Gasteiger charge is 2.41. The third-order valence-electron chi connectivity index (χ3n) is 5.58. The normalized spacial score (nSPS) is 17.4. The van der Waals surface area contributed by atoms with Gasteiger partial charge in [-0.3, -0.25) is 4.79 Å². The number of hydrogen-bond donors (Lipinski definition) is 3. The Hall–Kier alpha value is -2.71. The highest BCUT2D eigenvalue weighted by Crippen LogP contribution is 2.42. The summed E-state index contributed by atoms with van der Waals surface area (Å²) in [6, 6.07) is 9.81. The van der Waals surface area contributed by atoms with E-state index in [-0.39, 0.29) is 11.3 Å². The molecule has 1 amide bonds. The monoisotopic (exact) mass is 396 g/mol. The summed E-state index contributed by atoms with van der Waals surface area (Å²) in [5, 5.41) is 2.62. The van der Waals surface area contributed by atoms with E-state index in [9.17, 15) is 4.79 Å². The van der Waals surface area contributed by atoms with Crippen LogP contribution in [0.5, 0.6) is 0 Å². The predicted octanol–water partition coefficient (Wildman–Crippen LogP) is 1.93. The molecule has 5 N–H and O–H groups in total. The number of benzene rings is 1. The third-order valence-corrected chi connectivity index (χ3v) is 6.25. The van der Waals surface area contributed by atoms with Crippen LogP contribution in [0.4, 0.5) is 5.13 Å². The number of H-pyrrole nitrogens is 1. The van der Waals surface area contributed by atoms with Gasteiger partial charge in [0.25, 0.3) is 0 Å². The minimum atomic E-state index is -0.570. The van der Waals surface area contributed by atoms with Crippen LogP contribution in [0.25, 0.3) is 0 Å². The first-order valence-electron chi connectivity index (χ1n) is 9.37. The standard InChI is InChI=1S/C20H24N6OS/c21-16(10-15-11-23-13-24-15)18(27)26-8-6-20(7-9-26,14-4-2-1-3-5-14)17-12-28-19(22)25-17/h1-5,11-13,16H,6-10,21H2,(H2,22,25)(H,23,24)/t16-/m0/s1. The van der Waals surface area contributed by atoms with E-state index in [0.717, 1.165) is 24.2 Å². The Morgan fingerprint density at radius 1 is 1.29 bits per heavy atom. The first-order chi connectivity index (χ1) is 13.6. The van der Waals surface area contributed by atoms with Crippen molar-refractivity contribution in [1.29, 1.82) is 0 Å². The van der Waals surface area contributed by atoms with Gasteiger partial charge in [0.1, 0.15) is 0 Å². The fourth-order valence-corrected chi connectivity index (χ4v) is 4.68. The molecule has 0 spiro atoms. The molecule has 146 valence electrons. The fourth-order valence-electron chi connectivity index (χ4n) is 4.02. The molecule has 1 saturated heterocycles. The number of amides is 1. The summed E-state index contributed by atoms with van der Waals surface area (Å²) in [5.41, 5.74) is 14.9. The van der Waals surface area contributed by atoms with Crippen LogP contribution in [0, 0.1) is 0 Å². The number of aromatic amines is 1. The lowest BCUT2D eigenvalue weighted by atomic mass is 9.70. The van der Waals surface area contributed by atoms with E-state index in [2.05, 4.69) is 27.1 Å². The Bertz CT molecular complexity index is 915. The molecule has 8 heteroatoms. The summed E-state index contributed by atoms with van der Waals surface area (Å²) in [5.74, 6) is -0.0194. The number of likely N-dealkylation sites (tertiary alicyclic amines) is 1. The SMILES string of the molecule is Nc1nc(C2(c3ccccc3)CCN(C(=O)[C@@H](N)Cc3cnc[nH]3)CC2)cs1. The largest absolute Gasteiger partial charge is 0.375 e. The van der Waals surface area contributed by atoms with Crippen LogP contribution in [0.1, 0.15) is 29.8 Å². The molecule has 1 aromatic carbocycles.